The van der Waals surface area contributed by atoms with E-state index in [0.29, 0.717) is 0 Å². The summed E-state index contributed by atoms with van der Waals surface area (Å²) in [6.07, 6.45) is 1.44. The van der Waals surface area contributed by atoms with Crippen molar-refractivity contribution in [2.75, 3.05) is 5.32 Å². The first-order valence-corrected chi connectivity index (χ1v) is 5.81. The number of carboxylic acids is 2. The van der Waals surface area contributed by atoms with Crippen LogP contribution in [-0.2, 0) is 0 Å². The summed E-state index contributed by atoms with van der Waals surface area (Å²) in [5, 5.41) is 20.3. The molecule has 0 aliphatic heterocycles. The van der Waals surface area contributed by atoms with Gasteiger partial charge in [0.2, 0.25) is 0 Å². The Balaban J connectivity index is 2.33. The minimum atomic E-state index is -1.29. The average Bonchev–Trinajstić information content (AvgIpc) is 2.47. The predicted octanol–water partition coefficient (Wildman–Crippen LogP) is 1.73. The van der Waals surface area contributed by atoms with Crippen molar-refractivity contribution in [1.29, 1.82) is 0 Å². The fourth-order valence-corrected chi connectivity index (χ4v) is 1.64. The van der Waals surface area contributed by atoms with Crippen molar-refractivity contribution >= 4 is 23.5 Å². The lowest BCUT2D eigenvalue weighted by Gasteiger charge is -2.07. The quantitative estimate of drug-likeness (QED) is 0.788. The molecule has 0 aliphatic rings. The lowest BCUT2D eigenvalue weighted by Crippen LogP contribution is -2.14. The number of aromatic nitrogens is 1. The molecule has 0 atom stereocenters. The number of rotatable bonds is 4. The summed E-state index contributed by atoms with van der Waals surface area (Å²) in [4.78, 5) is 37.7. The monoisotopic (exact) mass is 286 g/mol. The van der Waals surface area contributed by atoms with Crippen LogP contribution in [0.1, 0.15) is 31.2 Å². The summed E-state index contributed by atoms with van der Waals surface area (Å²) in [5.41, 5.74) is -0.254. The Morgan fingerprint density at radius 1 is 0.952 bits per heavy atom. The second kappa shape index (κ2) is 5.83. The molecule has 2 aromatic rings. The number of amides is 1. The van der Waals surface area contributed by atoms with Gasteiger partial charge in [-0.15, -0.1) is 0 Å². The van der Waals surface area contributed by atoms with Crippen LogP contribution in [0.15, 0.2) is 42.6 Å². The van der Waals surface area contributed by atoms with Crippen LogP contribution in [0.5, 0.6) is 0 Å². The Kier molecular flexibility index (Phi) is 3.94. The average molecular weight is 286 g/mol. The Hall–Kier alpha value is -3.22. The summed E-state index contributed by atoms with van der Waals surface area (Å²) in [5.74, 6) is -3.13. The van der Waals surface area contributed by atoms with Crippen LogP contribution >= 0.6 is 0 Å². The number of benzene rings is 1. The number of anilines is 1. The summed E-state index contributed by atoms with van der Waals surface area (Å²) < 4.78 is 0. The largest absolute Gasteiger partial charge is 0.478 e. The van der Waals surface area contributed by atoms with E-state index in [2.05, 4.69) is 10.3 Å². The van der Waals surface area contributed by atoms with Gasteiger partial charge in [-0.3, -0.25) is 9.78 Å². The molecule has 0 saturated heterocycles. The number of carboxylic acid groups (broad SMARTS) is 2. The first-order valence-electron chi connectivity index (χ1n) is 5.81. The molecule has 7 heteroatoms. The van der Waals surface area contributed by atoms with Crippen LogP contribution in [-0.4, -0.2) is 33.0 Å². The van der Waals surface area contributed by atoms with Gasteiger partial charge < -0.3 is 15.5 Å². The van der Waals surface area contributed by atoms with E-state index in [1.165, 1.54) is 24.4 Å². The van der Waals surface area contributed by atoms with Gasteiger partial charge in [0.1, 0.15) is 5.69 Å². The number of hydrogen-bond donors (Lipinski definition) is 3. The molecule has 0 aliphatic carbocycles. The molecule has 1 amide bonds. The molecule has 21 heavy (non-hydrogen) atoms. The van der Waals surface area contributed by atoms with E-state index in [9.17, 15) is 14.4 Å². The number of carbonyl (C=O) groups excluding carboxylic acids is 1. The highest BCUT2D eigenvalue weighted by atomic mass is 16.4. The molecule has 0 radical (unpaired) electrons. The zero-order valence-electron chi connectivity index (χ0n) is 10.6. The highest BCUT2D eigenvalue weighted by Crippen LogP contribution is 2.16. The van der Waals surface area contributed by atoms with Gasteiger partial charge in [-0.05, 0) is 30.3 Å². The minimum Gasteiger partial charge on any atom is -0.478 e. The highest BCUT2D eigenvalue weighted by Gasteiger charge is 2.13. The Labute approximate surface area is 118 Å². The van der Waals surface area contributed by atoms with E-state index in [0.717, 1.165) is 6.07 Å². The molecule has 0 saturated carbocycles. The number of pyridine rings is 1. The van der Waals surface area contributed by atoms with E-state index < -0.39 is 17.8 Å². The van der Waals surface area contributed by atoms with Crippen molar-refractivity contribution in [3.05, 3.63) is 59.4 Å². The van der Waals surface area contributed by atoms with Gasteiger partial charge in [0.05, 0.1) is 11.1 Å². The van der Waals surface area contributed by atoms with Gasteiger partial charge >= 0.3 is 11.9 Å². The Morgan fingerprint density at radius 2 is 1.57 bits per heavy atom. The maximum atomic E-state index is 11.9. The molecule has 106 valence electrons. The van der Waals surface area contributed by atoms with Gasteiger partial charge in [-0.2, -0.15) is 0 Å². The van der Waals surface area contributed by atoms with Crippen LogP contribution in [0.2, 0.25) is 0 Å². The van der Waals surface area contributed by atoms with Gasteiger partial charge in [-0.25, -0.2) is 9.59 Å². The number of hydrogen-bond acceptors (Lipinski definition) is 4. The van der Waals surface area contributed by atoms with E-state index in [4.69, 9.17) is 10.2 Å². The van der Waals surface area contributed by atoms with Crippen LogP contribution < -0.4 is 5.32 Å². The third-order valence-electron chi connectivity index (χ3n) is 2.58. The Bertz CT molecular complexity index is 680. The molecule has 1 aromatic carbocycles. The van der Waals surface area contributed by atoms with Gasteiger partial charge in [0.15, 0.2) is 0 Å². The van der Waals surface area contributed by atoms with Crippen molar-refractivity contribution in [3.63, 3.8) is 0 Å². The molecule has 2 rings (SSSR count). The van der Waals surface area contributed by atoms with Gasteiger partial charge in [0.25, 0.3) is 5.91 Å². The van der Waals surface area contributed by atoms with E-state index >= 15 is 0 Å². The minimum absolute atomic E-state index is 0.0722. The highest BCUT2D eigenvalue weighted by molar-refractivity contribution is 6.04. The lowest BCUT2D eigenvalue weighted by molar-refractivity contribution is 0.0696. The molecule has 1 heterocycles. The maximum Gasteiger partial charge on any atom is 0.335 e. The predicted molar refractivity (Wildman–Crippen MR) is 72.6 cm³/mol. The lowest BCUT2D eigenvalue weighted by atomic mass is 10.1. The van der Waals surface area contributed by atoms with Crippen LogP contribution in [0, 0.1) is 0 Å². The molecule has 0 bridgehead atoms. The van der Waals surface area contributed by atoms with Crippen molar-refractivity contribution < 1.29 is 24.6 Å². The molecular formula is C14H10N2O5. The zero-order chi connectivity index (χ0) is 15.4. The fraction of sp³-hybridized carbons (Fsp3) is 0. The molecule has 3 N–H and O–H groups in total. The molecular weight excluding hydrogens is 276 g/mol. The first kappa shape index (κ1) is 14.2. The Morgan fingerprint density at radius 3 is 2.05 bits per heavy atom. The van der Waals surface area contributed by atoms with Gasteiger partial charge in [-0.1, -0.05) is 6.07 Å². The van der Waals surface area contributed by atoms with Crippen molar-refractivity contribution in [2.24, 2.45) is 0 Å². The number of nitrogens with zero attached hydrogens (tertiary/aromatic N) is 1. The van der Waals surface area contributed by atoms with Crippen molar-refractivity contribution in [2.45, 2.75) is 0 Å². The number of carbonyl (C=O) groups is 3. The van der Waals surface area contributed by atoms with Crippen LogP contribution in [0.25, 0.3) is 0 Å². The smallest absolute Gasteiger partial charge is 0.335 e. The maximum absolute atomic E-state index is 11.9. The van der Waals surface area contributed by atoms with E-state index in [1.54, 1.807) is 12.1 Å². The first-order chi connectivity index (χ1) is 9.97. The van der Waals surface area contributed by atoms with Crippen LogP contribution in [0.3, 0.4) is 0 Å². The van der Waals surface area contributed by atoms with Crippen molar-refractivity contribution in [3.8, 4) is 0 Å². The topological polar surface area (TPSA) is 117 Å². The second-order valence-electron chi connectivity index (χ2n) is 4.08. The number of aromatic carboxylic acids is 2. The standard InChI is InChI=1S/C14H10N2O5/c17-12(11-3-1-2-4-15-11)16-10-6-8(13(18)19)5-9(7-10)14(20)21/h1-7H,(H,16,17)(H,18,19)(H,20,21). The van der Waals surface area contributed by atoms with Crippen LogP contribution in [0.4, 0.5) is 5.69 Å². The zero-order valence-corrected chi connectivity index (χ0v) is 10.6. The molecule has 1 aromatic heterocycles. The molecule has 0 spiro atoms. The molecule has 0 unspecified atom stereocenters. The van der Waals surface area contributed by atoms with E-state index in [-0.39, 0.29) is 22.5 Å². The molecule has 7 nitrogen and oxygen atoms in total. The third kappa shape index (κ3) is 3.41. The van der Waals surface area contributed by atoms with Crippen molar-refractivity contribution in [1.82, 2.24) is 4.98 Å². The fourth-order valence-electron chi connectivity index (χ4n) is 1.64. The summed E-state index contributed by atoms with van der Waals surface area (Å²) >= 11 is 0. The van der Waals surface area contributed by atoms with E-state index in [1.807, 2.05) is 0 Å². The SMILES string of the molecule is O=C(O)c1cc(NC(=O)c2ccccn2)cc(C(=O)O)c1. The normalized spacial score (nSPS) is 9.90. The second-order valence-corrected chi connectivity index (χ2v) is 4.08. The third-order valence-corrected chi connectivity index (χ3v) is 2.58. The summed E-state index contributed by atoms with van der Waals surface area (Å²) in [6.45, 7) is 0. The number of nitrogens with one attached hydrogen (secondary N) is 1. The van der Waals surface area contributed by atoms with Gasteiger partial charge in [0, 0.05) is 11.9 Å². The summed E-state index contributed by atoms with van der Waals surface area (Å²) in [6, 6.07) is 8.11. The summed E-state index contributed by atoms with van der Waals surface area (Å²) in [7, 11) is 0. The molecule has 0 fully saturated rings.